The van der Waals surface area contributed by atoms with E-state index >= 15 is 0 Å². The molecule has 1 aliphatic carbocycles. The van der Waals surface area contributed by atoms with Crippen molar-refractivity contribution in [2.75, 3.05) is 18.0 Å². The number of fused-ring (bicyclic) bond motifs is 3. The molecule has 4 heterocycles. The molecule has 1 atom stereocenters. The predicted molar refractivity (Wildman–Crippen MR) is 88.5 cm³/mol. The van der Waals surface area contributed by atoms with E-state index in [2.05, 4.69) is 35.4 Å². The maximum atomic E-state index is 12.0. The number of aromatic nitrogens is 5. The Morgan fingerprint density at radius 2 is 2.17 bits per heavy atom. The summed E-state index contributed by atoms with van der Waals surface area (Å²) in [4.78, 5) is 26.0. The normalized spacial score (nSPS) is 20.8. The fourth-order valence-corrected chi connectivity index (χ4v) is 3.40. The smallest absolute Gasteiger partial charge is 0.223 e. The Morgan fingerprint density at radius 1 is 1.25 bits per heavy atom. The Balaban J connectivity index is 1.48. The second-order valence-corrected chi connectivity index (χ2v) is 6.55. The molecule has 1 saturated heterocycles. The lowest BCUT2D eigenvalue weighted by Crippen LogP contribution is -2.38. The van der Waals surface area contributed by atoms with Crippen molar-refractivity contribution < 1.29 is 4.79 Å². The van der Waals surface area contributed by atoms with E-state index in [1.54, 1.807) is 0 Å². The molecular weight excluding hydrogens is 306 g/mol. The first-order valence-electron chi connectivity index (χ1n) is 8.29. The number of carbonyl (C=O) groups is 1. The van der Waals surface area contributed by atoms with Crippen molar-refractivity contribution in [2.45, 2.75) is 25.3 Å². The minimum atomic E-state index is 0.180. The van der Waals surface area contributed by atoms with E-state index in [1.807, 2.05) is 12.3 Å². The number of amides is 1. The van der Waals surface area contributed by atoms with E-state index in [0.717, 1.165) is 54.6 Å². The first-order valence-corrected chi connectivity index (χ1v) is 8.29. The maximum absolute atomic E-state index is 12.0. The van der Waals surface area contributed by atoms with Crippen molar-refractivity contribution in [3.05, 3.63) is 18.6 Å². The molecule has 2 aliphatic rings. The number of nitrogens with zero attached hydrogens (tertiary/aromatic N) is 5. The van der Waals surface area contributed by atoms with Crippen LogP contribution in [0.15, 0.2) is 18.6 Å². The highest BCUT2D eigenvalue weighted by Gasteiger charge is 2.33. The highest BCUT2D eigenvalue weighted by atomic mass is 16.2. The first-order chi connectivity index (χ1) is 11.8. The van der Waals surface area contributed by atoms with Gasteiger partial charge in [0.2, 0.25) is 5.91 Å². The highest BCUT2D eigenvalue weighted by molar-refractivity contribution is 6.07. The van der Waals surface area contributed by atoms with Crippen LogP contribution in [0.4, 0.5) is 5.82 Å². The second kappa shape index (κ2) is 5.12. The molecule has 8 nitrogen and oxygen atoms in total. The van der Waals surface area contributed by atoms with Crippen molar-refractivity contribution in [1.82, 2.24) is 30.5 Å². The number of hydrogen-bond donors (Lipinski definition) is 2. The fourth-order valence-electron chi connectivity index (χ4n) is 3.40. The summed E-state index contributed by atoms with van der Waals surface area (Å²) >= 11 is 0. The van der Waals surface area contributed by atoms with Gasteiger partial charge >= 0.3 is 0 Å². The van der Waals surface area contributed by atoms with Crippen molar-refractivity contribution in [3.63, 3.8) is 0 Å². The van der Waals surface area contributed by atoms with Gasteiger partial charge in [0, 0.05) is 36.6 Å². The molecule has 0 bridgehead atoms. The summed E-state index contributed by atoms with van der Waals surface area (Å²) < 4.78 is 0. The van der Waals surface area contributed by atoms with Gasteiger partial charge in [-0.25, -0.2) is 9.97 Å². The largest absolute Gasteiger partial charge is 0.354 e. The molecule has 5 rings (SSSR count). The Hall–Kier alpha value is -2.77. The average molecular weight is 323 g/mol. The zero-order valence-electron chi connectivity index (χ0n) is 13.1. The quantitative estimate of drug-likeness (QED) is 0.746. The molecule has 24 heavy (non-hydrogen) atoms. The van der Waals surface area contributed by atoms with Crippen LogP contribution in [0.1, 0.15) is 19.3 Å². The molecule has 8 heteroatoms. The Bertz CT molecular complexity index is 932. The van der Waals surface area contributed by atoms with Crippen LogP contribution < -0.4 is 10.2 Å². The van der Waals surface area contributed by atoms with Crippen LogP contribution in [0, 0.1) is 5.92 Å². The first kappa shape index (κ1) is 13.6. The van der Waals surface area contributed by atoms with Gasteiger partial charge in [0.15, 0.2) is 11.3 Å². The molecule has 3 aromatic rings. The van der Waals surface area contributed by atoms with Crippen molar-refractivity contribution in [3.8, 4) is 0 Å². The molecule has 2 N–H and O–H groups in total. The van der Waals surface area contributed by atoms with Crippen LogP contribution in [0.25, 0.3) is 22.1 Å². The molecule has 0 radical (unpaired) electrons. The number of nitrogens with one attached hydrogen (secondary N) is 2. The fraction of sp³-hybridized carbons (Fsp3) is 0.438. The molecule has 122 valence electrons. The van der Waals surface area contributed by atoms with Gasteiger partial charge < -0.3 is 15.2 Å². The van der Waals surface area contributed by atoms with E-state index < -0.39 is 0 Å². The summed E-state index contributed by atoms with van der Waals surface area (Å²) in [5.74, 6) is 1.31. The van der Waals surface area contributed by atoms with Gasteiger partial charge in [-0.05, 0) is 25.3 Å². The minimum absolute atomic E-state index is 0.180. The van der Waals surface area contributed by atoms with Crippen LogP contribution in [-0.4, -0.2) is 50.2 Å². The van der Waals surface area contributed by atoms with Crippen LogP contribution in [-0.2, 0) is 4.79 Å². The van der Waals surface area contributed by atoms with Gasteiger partial charge in [0.05, 0.1) is 5.39 Å². The van der Waals surface area contributed by atoms with E-state index in [1.165, 1.54) is 6.33 Å². The van der Waals surface area contributed by atoms with Crippen LogP contribution in [0.5, 0.6) is 0 Å². The lowest BCUT2D eigenvalue weighted by atomic mass is 10.2. The number of aromatic amines is 1. The third-order valence-electron chi connectivity index (χ3n) is 4.83. The monoisotopic (exact) mass is 323 g/mol. The minimum Gasteiger partial charge on any atom is -0.354 e. The molecule has 2 fully saturated rings. The maximum Gasteiger partial charge on any atom is 0.223 e. The van der Waals surface area contributed by atoms with E-state index in [9.17, 15) is 4.79 Å². The number of H-pyrrole nitrogens is 1. The molecule has 1 amide bonds. The average Bonchev–Trinajstić information content (AvgIpc) is 3.17. The van der Waals surface area contributed by atoms with Gasteiger partial charge in [-0.15, -0.1) is 10.2 Å². The summed E-state index contributed by atoms with van der Waals surface area (Å²) in [5, 5.41) is 13.4. The number of rotatable bonds is 3. The topological polar surface area (TPSA) is 99.7 Å². The summed E-state index contributed by atoms with van der Waals surface area (Å²) in [5.41, 5.74) is 1.33. The van der Waals surface area contributed by atoms with Gasteiger partial charge in [-0.1, -0.05) is 0 Å². The van der Waals surface area contributed by atoms with Gasteiger partial charge in [0.1, 0.15) is 12.1 Å². The Kier molecular flexibility index (Phi) is 2.91. The number of anilines is 1. The van der Waals surface area contributed by atoms with Crippen LogP contribution in [0.3, 0.4) is 0 Å². The lowest BCUT2D eigenvalue weighted by Gasteiger charge is -2.19. The molecule has 0 aromatic carbocycles. The number of carbonyl (C=O) groups excluding carboxylic acids is 1. The predicted octanol–water partition coefficient (Wildman–Crippen LogP) is 1.01. The molecule has 1 saturated carbocycles. The zero-order chi connectivity index (χ0) is 16.1. The summed E-state index contributed by atoms with van der Waals surface area (Å²) in [6, 6.07) is 2.15. The highest BCUT2D eigenvalue weighted by Crippen LogP contribution is 2.31. The summed E-state index contributed by atoms with van der Waals surface area (Å²) in [6.45, 7) is 1.62. The lowest BCUT2D eigenvalue weighted by molar-refractivity contribution is -0.122. The molecular formula is C16H17N7O. The number of hydrogen-bond acceptors (Lipinski definition) is 6. The third-order valence-corrected chi connectivity index (χ3v) is 4.83. The Labute approximate surface area is 137 Å². The van der Waals surface area contributed by atoms with Gasteiger partial charge in [0.25, 0.3) is 0 Å². The molecule has 0 spiro atoms. The van der Waals surface area contributed by atoms with Crippen LogP contribution in [0.2, 0.25) is 0 Å². The molecule has 1 aliphatic heterocycles. The van der Waals surface area contributed by atoms with Gasteiger partial charge in [-0.3, -0.25) is 4.79 Å². The zero-order valence-corrected chi connectivity index (χ0v) is 13.1. The molecule has 3 aromatic heterocycles. The second-order valence-electron chi connectivity index (χ2n) is 6.55. The van der Waals surface area contributed by atoms with Crippen LogP contribution >= 0.6 is 0 Å². The summed E-state index contributed by atoms with van der Waals surface area (Å²) in [7, 11) is 0. The third kappa shape index (κ3) is 2.17. The standard InChI is InChI=1S/C16H17N7O/c24-16(9-1-2-9)20-10-4-6-23(7-10)15-12-11-3-5-17-13(11)21-22-14(12)18-8-19-15/h3,5,8-10H,1-2,4,6-7H2,(H,17,21)(H,20,24). The molecule has 1 unspecified atom stereocenters. The van der Waals surface area contributed by atoms with Gasteiger partial charge in [-0.2, -0.15) is 0 Å². The van der Waals surface area contributed by atoms with Crippen molar-refractivity contribution in [1.29, 1.82) is 0 Å². The SMILES string of the molecule is O=C(NC1CCN(c2ncnc3nnc4[nH]ccc4c23)C1)C1CC1. The van der Waals surface area contributed by atoms with E-state index in [4.69, 9.17) is 0 Å². The van der Waals surface area contributed by atoms with E-state index in [0.29, 0.717) is 5.65 Å². The van der Waals surface area contributed by atoms with E-state index in [-0.39, 0.29) is 17.9 Å². The van der Waals surface area contributed by atoms with Crippen molar-refractivity contribution in [2.24, 2.45) is 5.92 Å². The summed E-state index contributed by atoms with van der Waals surface area (Å²) in [6.07, 6.45) is 6.36. The van der Waals surface area contributed by atoms with Crippen molar-refractivity contribution >= 4 is 33.8 Å². The Morgan fingerprint density at radius 3 is 3.04 bits per heavy atom.